The molecule has 0 aliphatic carbocycles. The van der Waals surface area contributed by atoms with Crippen LogP contribution in [0.3, 0.4) is 0 Å². The summed E-state index contributed by atoms with van der Waals surface area (Å²) in [5, 5.41) is 6.58. The number of nitrogens with zero attached hydrogens (tertiary/aromatic N) is 3. The summed E-state index contributed by atoms with van der Waals surface area (Å²) < 4.78 is 74.7. The maximum absolute atomic E-state index is 14.3. The molecular formula is C27H24ClF5N6O4. The highest BCUT2D eigenvalue weighted by Crippen LogP contribution is 2.30. The third kappa shape index (κ3) is 7.53. The number of benzene rings is 1. The smallest absolute Gasteiger partial charge is 0.318 e. The van der Waals surface area contributed by atoms with E-state index in [1.807, 2.05) is 0 Å². The summed E-state index contributed by atoms with van der Waals surface area (Å²) in [5.41, 5.74) is -1.16. The minimum absolute atomic E-state index is 0.0945. The normalized spacial score (nSPS) is 15.9. The molecule has 43 heavy (non-hydrogen) atoms. The van der Waals surface area contributed by atoms with E-state index in [1.165, 1.54) is 37.6 Å². The second-order valence-electron chi connectivity index (χ2n) is 9.40. The molecule has 3 aromatic rings. The number of alkyl halides is 4. The van der Waals surface area contributed by atoms with Gasteiger partial charge in [0.25, 0.3) is 24.2 Å². The molecule has 0 radical (unpaired) electrons. The van der Waals surface area contributed by atoms with Crippen molar-refractivity contribution in [3.05, 3.63) is 88.1 Å². The van der Waals surface area contributed by atoms with Gasteiger partial charge in [0.15, 0.2) is 0 Å². The predicted molar refractivity (Wildman–Crippen MR) is 143 cm³/mol. The number of aromatic nitrogens is 2. The number of hydrogen-bond donors (Lipinski definition) is 3. The average Bonchev–Trinajstić information content (AvgIpc) is 2.97. The lowest BCUT2D eigenvalue weighted by Crippen LogP contribution is -2.58. The second kappa shape index (κ2) is 13.3. The number of carbonyl (C=O) groups excluding carboxylic acids is 3. The lowest BCUT2D eigenvalue weighted by molar-refractivity contribution is -0.118. The second-order valence-corrected chi connectivity index (χ2v) is 9.81. The van der Waals surface area contributed by atoms with E-state index in [0.717, 1.165) is 29.3 Å². The lowest BCUT2D eigenvalue weighted by Gasteiger charge is -2.38. The van der Waals surface area contributed by atoms with E-state index in [1.54, 1.807) is 0 Å². The molecule has 1 fully saturated rings. The van der Waals surface area contributed by atoms with Gasteiger partial charge in [-0.15, -0.1) is 0 Å². The number of pyridine rings is 2. The Morgan fingerprint density at radius 2 is 1.91 bits per heavy atom. The molecule has 1 aliphatic heterocycles. The fourth-order valence-corrected chi connectivity index (χ4v) is 4.47. The highest BCUT2D eigenvalue weighted by atomic mass is 35.5. The highest BCUT2D eigenvalue weighted by molar-refractivity contribution is 6.30. The summed E-state index contributed by atoms with van der Waals surface area (Å²) in [5.74, 6) is -6.38. The maximum Gasteiger partial charge on any atom is 0.318 e. The Hall–Kier alpha value is -4.37. The number of amides is 4. The number of urea groups is 1. The number of nitrogens with one attached hydrogen (secondary N) is 3. The molecule has 0 saturated carbocycles. The predicted octanol–water partition coefficient (Wildman–Crippen LogP) is 4.66. The number of carbonyl (C=O) groups is 3. The largest absolute Gasteiger partial charge is 0.382 e. The Labute approximate surface area is 246 Å². The van der Waals surface area contributed by atoms with Crippen molar-refractivity contribution in [2.24, 2.45) is 0 Å². The van der Waals surface area contributed by atoms with Gasteiger partial charge in [0, 0.05) is 25.1 Å². The van der Waals surface area contributed by atoms with Gasteiger partial charge in [0.2, 0.25) is 0 Å². The van der Waals surface area contributed by atoms with E-state index < -0.39 is 72.4 Å². The summed E-state index contributed by atoms with van der Waals surface area (Å²) in [6, 6.07) is 4.79. The monoisotopic (exact) mass is 626 g/mol. The van der Waals surface area contributed by atoms with Gasteiger partial charge in [-0.3, -0.25) is 14.6 Å². The molecular weight excluding hydrogens is 603 g/mol. The van der Waals surface area contributed by atoms with Crippen LogP contribution in [0.25, 0.3) is 0 Å². The molecule has 228 valence electrons. The van der Waals surface area contributed by atoms with Crippen LogP contribution >= 0.6 is 11.6 Å². The molecule has 4 rings (SSSR count). The summed E-state index contributed by atoms with van der Waals surface area (Å²) in [6.45, 7) is -1.89. The molecule has 0 unspecified atom stereocenters. The molecule has 3 heterocycles. The van der Waals surface area contributed by atoms with Crippen LogP contribution in [-0.4, -0.2) is 65.4 Å². The Morgan fingerprint density at radius 3 is 2.60 bits per heavy atom. The van der Waals surface area contributed by atoms with Crippen molar-refractivity contribution in [2.45, 2.75) is 24.4 Å². The third-order valence-electron chi connectivity index (χ3n) is 6.39. The van der Waals surface area contributed by atoms with Gasteiger partial charge in [-0.1, -0.05) is 17.7 Å². The zero-order valence-electron chi connectivity index (χ0n) is 22.3. The van der Waals surface area contributed by atoms with Gasteiger partial charge >= 0.3 is 6.03 Å². The number of halogens is 6. The van der Waals surface area contributed by atoms with Crippen molar-refractivity contribution in [3.8, 4) is 0 Å². The molecule has 0 spiro atoms. The fourth-order valence-electron chi connectivity index (χ4n) is 4.36. The number of methoxy groups -OCH3 is 1. The topological polar surface area (TPSA) is 126 Å². The van der Waals surface area contributed by atoms with Crippen LogP contribution in [0.4, 0.5) is 32.6 Å². The summed E-state index contributed by atoms with van der Waals surface area (Å²) in [4.78, 5) is 47.5. The zero-order chi connectivity index (χ0) is 31.3. The molecule has 1 saturated heterocycles. The number of anilines is 1. The first-order valence-corrected chi connectivity index (χ1v) is 12.9. The first-order valence-electron chi connectivity index (χ1n) is 12.6. The molecule has 2 atom stereocenters. The molecule has 16 heteroatoms. The number of rotatable bonds is 10. The molecule has 4 amide bonds. The fraction of sp³-hybridized carbons (Fsp3) is 0.296. The van der Waals surface area contributed by atoms with Crippen LogP contribution in [0.2, 0.25) is 5.02 Å². The molecule has 0 bridgehead atoms. The van der Waals surface area contributed by atoms with E-state index in [-0.39, 0.29) is 28.6 Å². The van der Waals surface area contributed by atoms with E-state index in [9.17, 15) is 36.3 Å². The minimum Gasteiger partial charge on any atom is -0.382 e. The van der Waals surface area contributed by atoms with Crippen molar-refractivity contribution in [3.63, 3.8) is 0 Å². The Kier molecular flexibility index (Phi) is 9.76. The van der Waals surface area contributed by atoms with Crippen LogP contribution < -0.4 is 16.0 Å². The summed E-state index contributed by atoms with van der Waals surface area (Å²) in [6.07, 6.45) is -0.697. The molecule has 1 aliphatic rings. The first-order chi connectivity index (χ1) is 20.4. The van der Waals surface area contributed by atoms with Gasteiger partial charge in [-0.05, 0) is 47.5 Å². The molecule has 1 aromatic carbocycles. The van der Waals surface area contributed by atoms with Crippen molar-refractivity contribution in [2.75, 3.05) is 32.1 Å². The van der Waals surface area contributed by atoms with Gasteiger partial charge in [-0.2, -0.15) is 0 Å². The van der Waals surface area contributed by atoms with Crippen LogP contribution in [0.15, 0.2) is 54.9 Å². The van der Waals surface area contributed by atoms with E-state index >= 15 is 0 Å². The summed E-state index contributed by atoms with van der Waals surface area (Å²) in [7, 11) is 1.32. The van der Waals surface area contributed by atoms with Gasteiger partial charge in [0.1, 0.15) is 23.4 Å². The van der Waals surface area contributed by atoms with Crippen molar-refractivity contribution < 1.29 is 41.1 Å². The quantitative estimate of drug-likeness (QED) is 0.281. The standard InChI is InChI=1S/C27H24ClF5N6O4/c1-43-11-19(39-13-27(32,33)12-36-26(39)42)14-6-8-34-20(10-14)37-24(40)21(15-4-5-17(28)18(29)9-15)38-25(41)22-16(23(30)31)3-2-7-35-22/h2-10,19,21,23H,11-13H2,1H3,(H,36,42)(H,38,41)(H,34,37,40)/t19-,21+/m1/s1. The van der Waals surface area contributed by atoms with Gasteiger partial charge in [-0.25, -0.2) is 31.7 Å². The molecule has 3 N–H and O–H groups in total. The van der Waals surface area contributed by atoms with E-state index in [0.29, 0.717) is 0 Å². The first kappa shape index (κ1) is 31.6. The molecule has 10 nitrogen and oxygen atoms in total. The SMILES string of the molecule is COC[C@H](c1ccnc(NC(=O)[C@@H](NC(=O)c2ncccc2C(F)F)c2ccc(Cl)c(F)c2)c1)N1CC(F)(F)CNC1=O. The lowest BCUT2D eigenvalue weighted by atomic mass is 10.0. The summed E-state index contributed by atoms with van der Waals surface area (Å²) >= 11 is 5.76. The molecule has 2 aromatic heterocycles. The van der Waals surface area contributed by atoms with Crippen LogP contribution in [0.1, 0.15) is 45.7 Å². The van der Waals surface area contributed by atoms with Crippen molar-refractivity contribution in [1.82, 2.24) is 25.5 Å². The number of hydrogen-bond acceptors (Lipinski definition) is 6. The zero-order valence-corrected chi connectivity index (χ0v) is 23.0. The van der Waals surface area contributed by atoms with Gasteiger partial charge in [0.05, 0.1) is 30.8 Å². The highest BCUT2D eigenvalue weighted by Gasteiger charge is 2.42. The maximum atomic E-state index is 14.3. The number of ether oxygens (including phenoxy) is 1. The Morgan fingerprint density at radius 1 is 1.14 bits per heavy atom. The van der Waals surface area contributed by atoms with Crippen LogP contribution in [0.5, 0.6) is 0 Å². The van der Waals surface area contributed by atoms with Gasteiger partial charge < -0.3 is 25.6 Å². The van der Waals surface area contributed by atoms with Crippen LogP contribution in [-0.2, 0) is 9.53 Å². The Bertz CT molecular complexity index is 1510. The van der Waals surface area contributed by atoms with E-state index in [4.69, 9.17) is 16.3 Å². The van der Waals surface area contributed by atoms with Crippen LogP contribution in [0, 0.1) is 5.82 Å². The van der Waals surface area contributed by atoms with E-state index in [2.05, 4.69) is 25.9 Å². The minimum atomic E-state index is -3.21. The van der Waals surface area contributed by atoms with Crippen molar-refractivity contribution >= 4 is 35.3 Å². The third-order valence-corrected chi connectivity index (χ3v) is 6.69. The Balaban J connectivity index is 1.64. The average molecular weight is 627 g/mol. The van der Waals surface area contributed by atoms with Crippen molar-refractivity contribution in [1.29, 1.82) is 0 Å².